The fourth-order valence-corrected chi connectivity index (χ4v) is 4.97. The van der Waals surface area contributed by atoms with Gasteiger partial charge in [0, 0.05) is 19.3 Å². The van der Waals surface area contributed by atoms with Crippen molar-refractivity contribution < 1.29 is 4.79 Å². The molecule has 0 radical (unpaired) electrons. The van der Waals surface area contributed by atoms with Gasteiger partial charge in [-0.2, -0.15) is 0 Å². The highest BCUT2D eigenvalue weighted by Crippen LogP contribution is 2.33. The number of aromatic nitrogens is 2. The lowest BCUT2D eigenvalue weighted by Crippen LogP contribution is -2.29. The quantitative estimate of drug-likeness (QED) is 0.269. The van der Waals surface area contributed by atoms with Crippen molar-refractivity contribution in [2.75, 3.05) is 18.4 Å². The second-order valence-corrected chi connectivity index (χ2v) is 9.77. The Labute approximate surface area is 199 Å². The van der Waals surface area contributed by atoms with Crippen LogP contribution in [0.3, 0.4) is 0 Å². The minimum absolute atomic E-state index is 0.123. The predicted octanol–water partition coefficient (Wildman–Crippen LogP) is 5.39. The third-order valence-electron chi connectivity index (χ3n) is 5.54. The molecule has 1 aliphatic heterocycles. The number of rotatable bonds is 11. The molecule has 1 aliphatic rings. The average Bonchev–Trinajstić information content (AvgIpc) is 3.04. The Bertz CT molecular complexity index is 1080. The summed E-state index contributed by atoms with van der Waals surface area (Å²) in [5, 5.41) is 3.33. The Kier molecular flexibility index (Phi) is 8.87. The normalized spacial score (nSPS) is 15.3. The van der Waals surface area contributed by atoms with Gasteiger partial charge in [-0.25, -0.2) is 4.98 Å². The summed E-state index contributed by atoms with van der Waals surface area (Å²) in [5.74, 6) is 0.399. The Hall–Kier alpha value is -2.19. The molecule has 3 rings (SSSR count). The third kappa shape index (κ3) is 5.59. The van der Waals surface area contributed by atoms with Gasteiger partial charge >= 0.3 is 0 Å². The van der Waals surface area contributed by atoms with E-state index < -0.39 is 0 Å². The fraction of sp³-hybridized carbons (Fsp3) is 0.500. The molecular formula is C24H32N4O2S2. The van der Waals surface area contributed by atoms with Crippen LogP contribution >= 0.6 is 24.0 Å². The van der Waals surface area contributed by atoms with Gasteiger partial charge in [0.25, 0.3) is 11.5 Å². The van der Waals surface area contributed by atoms with E-state index in [2.05, 4.69) is 19.2 Å². The van der Waals surface area contributed by atoms with E-state index in [9.17, 15) is 9.59 Å². The summed E-state index contributed by atoms with van der Waals surface area (Å²) in [6, 6.07) is 3.77. The SMILES string of the molecule is CCCCCCN1C(=O)/C(=C\c2c(NCCCCC)nc3c(C)cccn3c2=O)SC1=S. The molecule has 1 saturated heterocycles. The first-order valence-electron chi connectivity index (χ1n) is 11.5. The molecule has 6 nitrogen and oxygen atoms in total. The van der Waals surface area contributed by atoms with E-state index in [1.54, 1.807) is 21.6 Å². The van der Waals surface area contributed by atoms with Gasteiger partial charge in [0.1, 0.15) is 15.8 Å². The smallest absolute Gasteiger partial charge is 0.267 e. The predicted molar refractivity (Wildman–Crippen MR) is 138 cm³/mol. The van der Waals surface area contributed by atoms with Gasteiger partial charge in [-0.05, 0) is 37.5 Å². The van der Waals surface area contributed by atoms with Crippen LogP contribution < -0.4 is 10.9 Å². The summed E-state index contributed by atoms with van der Waals surface area (Å²) in [6.07, 6.45) is 10.9. The van der Waals surface area contributed by atoms with Gasteiger partial charge < -0.3 is 5.32 Å². The zero-order valence-corrected chi connectivity index (χ0v) is 20.8. The maximum absolute atomic E-state index is 13.4. The van der Waals surface area contributed by atoms with Crippen LogP contribution in [0, 0.1) is 6.92 Å². The van der Waals surface area contributed by atoms with Crippen molar-refractivity contribution in [1.82, 2.24) is 14.3 Å². The standard InChI is InChI=1S/C24H32N4O2S2/c1-4-6-8-10-14-28-23(30)19(32-24(28)31)16-18-20(25-13-9-7-5-2)26-21-17(3)12-11-15-27(21)22(18)29/h11-12,15-16,25H,4-10,13-14H2,1-3H3/b19-16+. The number of unbranched alkanes of at least 4 members (excludes halogenated alkanes) is 5. The molecule has 0 aromatic carbocycles. The third-order valence-corrected chi connectivity index (χ3v) is 6.92. The molecule has 0 unspecified atom stereocenters. The number of pyridine rings is 1. The summed E-state index contributed by atoms with van der Waals surface area (Å²) in [5.41, 5.74) is 1.75. The number of carbonyl (C=O) groups excluding carboxylic acids is 1. The molecule has 0 atom stereocenters. The Morgan fingerprint density at radius 2 is 1.88 bits per heavy atom. The van der Waals surface area contributed by atoms with E-state index in [0.29, 0.717) is 32.8 Å². The van der Waals surface area contributed by atoms with Gasteiger partial charge in [-0.3, -0.25) is 18.9 Å². The van der Waals surface area contributed by atoms with Crippen molar-refractivity contribution in [2.24, 2.45) is 0 Å². The molecule has 1 fully saturated rings. The number of carbonyl (C=O) groups is 1. The maximum atomic E-state index is 13.4. The number of anilines is 1. The van der Waals surface area contributed by atoms with E-state index in [-0.39, 0.29) is 11.5 Å². The lowest BCUT2D eigenvalue weighted by Gasteiger charge is -2.14. The lowest BCUT2D eigenvalue weighted by atomic mass is 10.2. The largest absolute Gasteiger partial charge is 0.369 e. The van der Waals surface area contributed by atoms with Crippen LogP contribution in [0.25, 0.3) is 11.7 Å². The number of hydrogen-bond acceptors (Lipinski definition) is 6. The van der Waals surface area contributed by atoms with Gasteiger partial charge in [-0.1, -0.05) is 76.0 Å². The number of fused-ring (bicyclic) bond motifs is 1. The zero-order valence-electron chi connectivity index (χ0n) is 19.1. The minimum atomic E-state index is -0.190. The molecule has 1 amide bonds. The molecule has 0 spiro atoms. The monoisotopic (exact) mass is 472 g/mol. The molecule has 2 aromatic rings. The van der Waals surface area contributed by atoms with E-state index in [0.717, 1.165) is 57.1 Å². The molecule has 0 saturated carbocycles. The maximum Gasteiger partial charge on any atom is 0.267 e. The first-order valence-corrected chi connectivity index (χ1v) is 12.7. The highest BCUT2D eigenvalue weighted by Gasteiger charge is 2.32. The van der Waals surface area contributed by atoms with Gasteiger partial charge in [0.05, 0.1) is 10.5 Å². The Balaban J connectivity index is 1.95. The van der Waals surface area contributed by atoms with Crippen molar-refractivity contribution >= 4 is 51.7 Å². The van der Waals surface area contributed by atoms with Crippen LogP contribution in [0.5, 0.6) is 0 Å². The highest BCUT2D eigenvalue weighted by molar-refractivity contribution is 8.26. The van der Waals surface area contributed by atoms with Crippen LogP contribution in [0.2, 0.25) is 0 Å². The van der Waals surface area contributed by atoms with Crippen molar-refractivity contribution in [3.8, 4) is 0 Å². The van der Waals surface area contributed by atoms with E-state index in [1.165, 1.54) is 11.8 Å². The van der Waals surface area contributed by atoms with Gasteiger partial charge in [-0.15, -0.1) is 0 Å². The summed E-state index contributed by atoms with van der Waals surface area (Å²) in [7, 11) is 0. The summed E-state index contributed by atoms with van der Waals surface area (Å²) in [4.78, 5) is 33.3. The summed E-state index contributed by atoms with van der Waals surface area (Å²) < 4.78 is 2.10. The van der Waals surface area contributed by atoms with Crippen molar-refractivity contribution in [3.63, 3.8) is 0 Å². The second-order valence-electron chi connectivity index (χ2n) is 8.09. The van der Waals surface area contributed by atoms with Gasteiger partial charge in [0.15, 0.2) is 0 Å². The number of thioether (sulfide) groups is 1. The molecule has 3 heterocycles. The molecule has 8 heteroatoms. The topological polar surface area (TPSA) is 66.7 Å². The average molecular weight is 473 g/mol. The molecule has 172 valence electrons. The van der Waals surface area contributed by atoms with Crippen LogP contribution in [0.4, 0.5) is 5.82 Å². The van der Waals surface area contributed by atoms with Crippen LogP contribution in [-0.2, 0) is 4.79 Å². The Morgan fingerprint density at radius 3 is 2.62 bits per heavy atom. The number of amides is 1. The molecule has 1 N–H and O–H groups in total. The fourth-order valence-electron chi connectivity index (χ4n) is 3.68. The molecule has 0 bridgehead atoms. The highest BCUT2D eigenvalue weighted by atomic mass is 32.2. The molecule has 2 aromatic heterocycles. The first-order chi connectivity index (χ1) is 15.5. The summed E-state index contributed by atoms with van der Waals surface area (Å²) >= 11 is 6.72. The molecule has 32 heavy (non-hydrogen) atoms. The lowest BCUT2D eigenvalue weighted by molar-refractivity contribution is -0.122. The van der Waals surface area contributed by atoms with Crippen LogP contribution in [-0.4, -0.2) is 37.6 Å². The zero-order chi connectivity index (χ0) is 23.1. The van der Waals surface area contributed by atoms with E-state index in [1.807, 2.05) is 19.1 Å². The number of aryl methyl sites for hydroxylation is 1. The van der Waals surface area contributed by atoms with Crippen LogP contribution in [0.1, 0.15) is 69.9 Å². The second kappa shape index (κ2) is 11.6. The van der Waals surface area contributed by atoms with Crippen molar-refractivity contribution in [2.45, 2.75) is 65.7 Å². The molecular weight excluding hydrogens is 440 g/mol. The number of nitrogens with zero attached hydrogens (tertiary/aromatic N) is 3. The van der Waals surface area contributed by atoms with Crippen molar-refractivity contribution in [1.29, 1.82) is 0 Å². The summed E-state index contributed by atoms with van der Waals surface area (Å²) in [6.45, 7) is 7.60. The Morgan fingerprint density at radius 1 is 1.12 bits per heavy atom. The van der Waals surface area contributed by atoms with E-state index in [4.69, 9.17) is 17.2 Å². The number of thiocarbonyl (C=S) groups is 1. The number of nitrogens with one attached hydrogen (secondary N) is 1. The van der Waals surface area contributed by atoms with Crippen LogP contribution in [0.15, 0.2) is 28.0 Å². The van der Waals surface area contributed by atoms with Crippen molar-refractivity contribution in [3.05, 3.63) is 44.7 Å². The minimum Gasteiger partial charge on any atom is -0.369 e. The van der Waals surface area contributed by atoms with E-state index >= 15 is 0 Å². The first kappa shape index (κ1) is 24.5. The van der Waals surface area contributed by atoms with Gasteiger partial charge in [0.2, 0.25) is 0 Å². The number of hydrogen-bond donors (Lipinski definition) is 1. The molecule has 0 aliphatic carbocycles.